The topological polar surface area (TPSA) is 97.3 Å². The minimum absolute atomic E-state index is 0.0981. The molecule has 2 amide bonds. The molecule has 0 aliphatic heterocycles. The molecule has 0 aliphatic carbocycles. The van der Waals surface area contributed by atoms with Gasteiger partial charge < -0.3 is 9.84 Å². The second-order valence-electron chi connectivity index (χ2n) is 9.74. The summed E-state index contributed by atoms with van der Waals surface area (Å²) in [6, 6.07) is 17.6. The third-order valence-electron chi connectivity index (χ3n) is 6.54. The predicted octanol–water partition coefficient (Wildman–Crippen LogP) is 6.45. The van der Waals surface area contributed by atoms with Crippen LogP contribution >= 0.6 is 0 Å². The normalized spacial score (nSPS) is 11.5. The van der Waals surface area contributed by atoms with Crippen LogP contribution in [-0.2, 0) is 12.0 Å². The van der Waals surface area contributed by atoms with E-state index in [-0.39, 0.29) is 11.4 Å². The first-order chi connectivity index (χ1) is 17.9. The first-order valence-corrected chi connectivity index (χ1v) is 12.4. The number of hydrogen-bond acceptors (Lipinski definition) is 5. The van der Waals surface area contributed by atoms with E-state index in [4.69, 9.17) is 4.52 Å². The molecule has 1 aromatic carbocycles. The monoisotopic (exact) mass is 494 g/mol. The number of fused-ring (bicyclic) bond motifs is 1. The van der Waals surface area contributed by atoms with Gasteiger partial charge in [0.25, 0.3) is 0 Å². The first-order valence-electron chi connectivity index (χ1n) is 12.4. The van der Waals surface area contributed by atoms with Crippen LogP contribution in [0.4, 0.5) is 10.7 Å². The fraction of sp³-hybridized carbons (Fsp3) is 0.241. The zero-order valence-electron chi connectivity index (χ0n) is 21.2. The van der Waals surface area contributed by atoms with Crippen LogP contribution < -0.4 is 10.6 Å². The molecule has 0 atom stereocenters. The number of nitrogens with one attached hydrogen (secondary N) is 2. The lowest BCUT2D eigenvalue weighted by Gasteiger charge is -2.19. The molecular weight excluding hydrogens is 464 g/mol. The van der Waals surface area contributed by atoms with Crippen molar-refractivity contribution < 1.29 is 9.32 Å². The SMILES string of the molecule is CCCC(C)(C)c1cc(NC(=O)NCc2ccc(-c3cnc4cc(-c5ccncc5)ccn34)cc2)on1. The van der Waals surface area contributed by atoms with Crippen molar-refractivity contribution in [2.75, 3.05) is 5.32 Å². The van der Waals surface area contributed by atoms with Crippen molar-refractivity contribution in [1.82, 2.24) is 24.8 Å². The number of nitrogens with zero attached hydrogens (tertiary/aromatic N) is 4. The van der Waals surface area contributed by atoms with Crippen LogP contribution in [0.5, 0.6) is 0 Å². The molecule has 8 nitrogen and oxygen atoms in total. The number of aromatic nitrogens is 4. The van der Waals surface area contributed by atoms with E-state index in [0.29, 0.717) is 12.4 Å². The minimum atomic E-state index is -0.341. The van der Waals surface area contributed by atoms with Crippen LogP contribution in [0.15, 0.2) is 83.9 Å². The molecule has 5 aromatic rings. The predicted molar refractivity (Wildman–Crippen MR) is 144 cm³/mol. The second-order valence-corrected chi connectivity index (χ2v) is 9.74. The number of pyridine rings is 2. The van der Waals surface area contributed by atoms with E-state index in [2.05, 4.69) is 63.1 Å². The number of urea groups is 1. The van der Waals surface area contributed by atoms with E-state index in [1.165, 1.54) is 0 Å². The lowest BCUT2D eigenvalue weighted by atomic mass is 9.85. The summed E-state index contributed by atoms with van der Waals surface area (Å²) >= 11 is 0. The van der Waals surface area contributed by atoms with Crippen LogP contribution in [0.1, 0.15) is 44.9 Å². The Labute approximate surface area is 215 Å². The molecule has 5 rings (SSSR count). The van der Waals surface area contributed by atoms with Gasteiger partial charge in [0.15, 0.2) is 0 Å². The van der Waals surface area contributed by atoms with Gasteiger partial charge in [-0.15, -0.1) is 0 Å². The average molecular weight is 495 g/mol. The summed E-state index contributed by atoms with van der Waals surface area (Å²) in [5.41, 5.74) is 6.84. The first kappa shape index (κ1) is 24.2. The van der Waals surface area contributed by atoms with Gasteiger partial charge in [-0.1, -0.05) is 56.6 Å². The van der Waals surface area contributed by atoms with Crippen LogP contribution in [0.3, 0.4) is 0 Å². The maximum Gasteiger partial charge on any atom is 0.321 e. The van der Waals surface area contributed by atoms with E-state index in [9.17, 15) is 4.79 Å². The van der Waals surface area contributed by atoms with Crippen LogP contribution in [0, 0.1) is 0 Å². The molecule has 0 saturated heterocycles. The van der Waals surface area contributed by atoms with Crippen molar-refractivity contribution in [2.24, 2.45) is 0 Å². The highest BCUT2D eigenvalue weighted by molar-refractivity contribution is 5.87. The Morgan fingerprint density at radius 1 is 1.00 bits per heavy atom. The van der Waals surface area contributed by atoms with Crippen molar-refractivity contribution in [3.8, 4) is 22.4 Å². The number of benzene rings is 1. The van der Waals surface area contributed by atoms with Crippen molar-refractivity contribution in [1.29, 1.82) is 0 Å². The standard InChI is InChI=1S/C29H30N6O2/c1-4-12-29(2,3)25-17-27(37-34-25)33-28(36)32-18-20-5-7-22(8-6-20)24-19-31-26-16-23(11-15-35(24)26)21-9-13-30-14-10-21/h5-11,13-17,19H,4,12,18H2,1-3H3,(H2,32,33,36). The minimum Gasteiger partial charge on any atom is -0.338 e. The van der Waals surface area contributed by atoms with Gasteiger partial charge in [-0.2, -0.15) is 0 Å². The van der Waals surface area contributed by atoms with Crippen LogP contribution in [-0.4, -0.2) is 25.6 Å². The molecule has 0 unspecified atom stereocenters. The van der Waals surface area contributed by atoms with E-state index in [1.807, 2.05) is 48.8 Å². The molecule has 0 fully saturated rings. The van der Waals surface area contributed by atoms with E-state index < -0.39 is 0 Å². The average Bonchev–Trinajstić information content (AvgIpc) is 3.56. The Bertz CT molecular complexity index is 1500. The van der Waals surface area contributed by atoms with E-state index in [1.54, 1.807) is 18.5 Å². The summed E-state index contributed by atoms with van der Waals surface area (Å²) in [6.07, 6.45) is 9.52. The molecule has 0 aliphatic rings. The van der Waals surface area contributed by atoms with Crippen molar-refractivity contribution >= 4 is 17.6 Å². The summed E-state index contributed by atoms with van der Waals surface area (Å²) < 4.78 is 7.38. The Hall–Kier alpha value is -4.46. The van der Waals surface area contributed by atoms with Gasteiger partial charge in [-0.3, -0.25) is 14.7 Å². The molecule has 8 heteroatoms. The largest absolute Gasteiger partial charge is 0.338 e. The highest BCUT2D eigenvalue weighted by atomic mass is 16.5. The molecule has 0 spiro atoms. The maximum absolute atomic E-state index is 12.4. The third kappa shape index (κ3) is 5.38. The van der Waals surface area contributed by atoms with Gasteiger partial charge in [0.1, 0.15) is 5.65 Å². The highest BCUT2D eigenvalue weighted by Gasteiger charge is 2.24. The fourth-order valence-corrected chi connectivity index (χ4v) is 4.46. The van der Waals surface area contributed by atoms with Gasteiger partial charge in [0, 0.05) is 42.2 Å². The Morgan fingerprint density at radius 3 is 2.54 bits per heavy atom. The molecule has 188 valence electrons. The molecular formula is C29H30N6O2. The zero-order valence-corrected chi connectivity index (χ0v) is 21.2. The molecule has 4 heterocycles. The lowest BCUT2D eigenvalue weighted by Crippen LogP contribution is -2.28. The Morgan fingerprint density at radius 2 is 1.78 bits per heavy atom. The Kier molecular flexibility index (Phi) is 6.72. The number of carbonyl (C=O) groups is 1. The Balaban J connectivity index is 1.21. The van der Waals surface area contributed by atoms with Crippen LogP contribution in [0.2, 0.25) is 0 Å². The third-order valence-corrected chi connectivity index (χ3v) is 6.54. The number of rotatable bonds is 8. The summed E-state index contributed by atoms with van der Waals surface area (Å²) in [5, 5.41) is 9.72. The molecule has 37 heavy (non-hydrogen) atoms. The summed E-state index contributed by atoms with van der Waals surface area (Å²) in [5.74, 6) is 0.340. The smallest absolute Gasteiger partial charge is 0.321 e. The van der Waals surface area contributed by atoms with Gasteiger partial charge in [-0.05, 0) is 47.4 Å². The molecule has 4 aromatic heterocycles. The van der Waals surface area contributed by atoms with Crippen molar-refractivity contribution in [2.45, 2.75) is 45.6 Å². The maximum atomic E-state index is 12.4. The number of hydrogen-bond donors (Lipinski definition) is 2. The van der Waals surface area contributed by atoms with Gasteiger partial charge >= 0.3 is 6.03 Å². The molecule has 0 radical (unpaired) electrons. The number of imidazole rings is 1. The van der Waals surface area contributed by atoms with Crippen LogP contribution in [0.25, 0.3) is 28.0 Å². The molecule has 2 N–H and O–H groups in total. The molecule has 0 saturated carbocycles. The van der Waals surface area contributed by atoms with Crippen molar-refractivity contribution in [3.63, 3.8) is 0 Å². The van der Waals surface area contributed by atoms with E-state index in [0.717, 1.165) is 52.1 Å². The highest BCUT2D eigenvalue weighted by Crippen LogP contribution is 2.29. The zero-order chi connectivity index (χ0) is 25.8. The summed E-state index contributed by atoms with van der Waals surface area (Å²) in [4.78, 5) is 21.1. The van der Waals surface area contributed by atoms with E-state index >= 15 is 0 Å². The summed E-state index contributed by atoms with van der Waals surface area (Å²) in [6.45, 7) is 6.76. The quantitative estimate of drug-likeness (QED) is 0.258. The fourth-order valence-electron chi connectivity index (χ4n) is 4.46. The number of carbonyl (C=O) groups excluding carboxylic acids is 1. The second kappa shape index (κ2) is 10.3. The lowest BCUT2D eigenvalue weighted by molar-refractivity contribution is 0.250. The number of amides is 2. The summed E-state index contributed by atoms with van der Waals surface area (Å²) in [7, 11) is 0. The van der Waals surface area contributed by atoms with Gasteiger partial charge in [0.2, 0.25) is 5.88 Å². The van der Waals surface area contributed by atoms with Gasteiger partial charge in [-0.25, -0.2) is 9.78 Å². The number of anilines is 1. The van der Waals surface area contributed by atoms with Crippen molar-refractivity contribution in [3.05, 3.63) is 90.6 Å². The molecule has 0 bridgehead atoms. The van der Waals surface area contributed by atoms with Gasteiger partial charge in [0.05, 0.1) is 17.6 Å².